The van der Waals surface area contributed by atoms with Crippen molar-refractivity contribution in [3.8, 4) is 11.1 Å². The summed E-state index contributed by atoms with van der Waals surface area (Å²) in [5.41, 5.74) is 3.43. The predicted molar refractivity (Wildman–Crippen MR) is 142 cm³/mol. The number of hydrogen-bond donors (Lipinski definition) is 2. The van der Waals surface area contributed by atoms with Crippen LogP contribution in [0.3, 0.4) is 0 Å². The first-order valence-corrected chi connectivity index (χ1v) is 12.3. The zero-order chi connectivity index (χ0) is 28.4. The predicted octanol–water partition coefficient (Wildman–Crippen LogP) is 6.20. The fourth-order valence-electron chi connectivity index (χ4n) is 4.45. The van der Waals surface area contributed by atoms with Gasteiger partial charge in [0.25, 0.3) is 5.91 Å². The topological polar surface area (TPSA) is 96.6 Å². The molecule has 40 heavy (non-hydrogen) atoms. The number of nitrogens with one attached hydrogen (secondary N) is 1. The molecule has 0 spiro atoms. The molecule has 3 aromatic carbocycles. The quantitative estimate of drug-likeness (QED) is 0.255. The van der Waals surface area contributed by atoms with Gasteiger partial charge in [-0.3, -0.25) is 4.79 Å². The molecular weight excluding hydrogens is 521 g/mol. The highest BCUT2D eigenvalue weighted by Crippen LogP contribution is 2.30. The highest BCUT2D eigenvalue weighted by atomic mass is 19.4. The Balaban J connectivity index is 1.52. The third-order valence-corrected chi connectivity index (χ3v) is 6.59. The standard InChI is InChI=1S/C30H23F3N4O3/c1-18(20-9-11-22(12-10-20)29(39)40)34-28(38)25-16-23(21-5-3-2-4-6-21)17-37-27(25)26(35-36-37)15-19-7-13-24(14-8-19)30(31,32)33/h2-14,16-18H,15H2,1H3,(H,34,38)(H,39,40)/t18-/m0/s1. The molecule has 0 bridgehead atoms. The Labute approximate surface area is 226 Å². The van der Waals surface area contributed by atoms with Gasteiger partial charge in [0.15, 0.2) is 0 Å². The second-order valence-electron chi connectivity index (χ2n) is 9.33. The normalized spacial score (nSPS) is 12.3. The van der Waals surface area contributed by atoms with E-state index in [9.17, 15) is 22.8 Å². The van der Waals surface area contributed by atoms with Crippen LogP contribution < -0.4 is 5.32 Å². The third kappa shape index (κ3) is 5.56. The number of aromatic nitrogens is 3. The number of pyridine rings is 1. The van der Waals surface area contributed by atoms with Gasteiger partial charge in [-0.1, -0.05) is 59.8 Å². The van der Waals surface area contributed by atoms with Gasteiger partial charge in [0.2, 0.25) is 0 Å². The molecule has 1 atom stereocenters. The van der Waals surface area contributed by atoms with Gasteiger partial charge >= 0.3 is 12.1 Å². The number of carboxylic acid groups (broad SMARTS) is 1. The summed E-state index contributed by atoms with van der Waals surface area (Å²) < 4.78 is 40.5. The van der Waals surface area contributed by atoms with Crippen molar-refractivity contribution in [2.24, 2.45) is 0 Å². The Morgan fingerprint density at radius 1 is 0.950 bits per heavy atom. The lowest BCUT2D eigenvalue weighted by atomic mass is 10.0. The molecule has 0 radical (unpaired) electrons. The molecule has 0 aliphatic carbocycles. The molecule has 0 aliphatic heterocycles. The van der Waals surface area contributed by atoms with Crippen LogP contribution in [-0.4, -0.2) is 31.8 Å². The van der Waals surface area contributed by atoms with E-state index in [-0.39, 0.29) is 12.0 Å². The van der Waals surface area contributed by atoms with Gasteiger partial charge in [-0.25, -0.2) is 9.31 Å². The molecule has 1 amide bonds. The molecule has 2 N–H and O–H groups in total. The minimum absolute atomic E-state index is 0.137. The van der Waals surface area contributed by atoms with E-state index in [2.05, 4.69) is 15.6 Å². The lowest BCUT2D eigenvalue weighted by Crippen LogP contribution is -2.27. The maximum Gasteiger partial charge on any atom is 0.416 e. The van der Waals surface area contributed by atoms with Crippen LogP contribution in [0.2, 0.25) is 0 Å². The molecule has 0 unspecified atom stereocenters. The second-order valence-corrected chi connectivity index (χ2v) is 9.33. The minimum atomic E-state index is -4.44. The van der Waals surface area contributed by atoms with Crippen molar-refractivity contribution in [2.75, 3.05) is 0 Å². The number of amides is 1. The Hall–Kier alpha value is -4.99. The van der Waals surface area contributed by atoms with Gasteiger partial charge in [0.05, 0.1) is 28.4 Å². The van der Waals surface area contributed by atoms with Crippen molar-refractivity contribution < 1.29 is 27.9 Å². The van der Waals surface area contributed by atoms with Gasteiger partial charge in [0.1, 0.15) is 5.52 Å². The minimum Gasteiger partial charge on any atom is -0.478 e. The smallest absolute Gasteiger partial charge is 0.416 e. The molecule has 7 nitrogen and oxygen atoms in total. The zero-order valence-electron chi connectivity index (χ0n) is 21.2. The number of alkyl halides is 3. The van der Waals surface area contributed by atoms with Crippen molar-refractivity contribution >= 4 is 17.4 Å². The number of nitrogens with zero attached hydrogens (tertiary/aromatic N) is 3. The van der Waals surface area contributed by atoms with Crippen molar-refractivity contribution in [1.29, 1.82) is 0 Å². The van der Waals surface area contributed by atoms with Gasteiger partial charge in [-0.2, -0.15) is 13.2 Å². The first-order chi connectivity index (χ1) is 19.1. The number of benzene rings is 3. The fourth-order valence-corrected chi connectivity index (χ4v) is 4.45. The van der Waals surface area contributed by atoms with Crippen LogP contribution in [0, 0.1) is 0 Å². The van der Waals surface area contributed by atoms with Crippen LogP contribution in [0.4, 0.5) is 13.2 Å². The number of halogens is 3. The highest BCUT2D eigenvalue weighted by molar-refractivity contribution is 6.02. The van der Waals surface area contributed by atoms with E-state index in [0.29, 0.717) is 27.9 Å². The molecule has 5 aromatic rings. The van der Waals surface area contributed by atoms with E-state index in [1.54, 1.807) is 31.3 Å². The molecule has 0 aliphatic rings. The Morgan fingerprint density at radius 3 is 2.25 bits per heavy atom. The molecule has 2 heterocycles. The lowest BCUT2D eigenvalue weighted by Gasteiger charge is -2.16. The molecule has 2 aromatic heterocycles. The van der Waals surface area contributed by atoms with Crippen molar-refractivity contribution in [3.63, 3.8) is 0 Å². The first kappa shape index (κ1) is 26.6. The third-order valence-electron chi connectivity index (χ3n) is 6.59. The number of carbonyl (C=O) groups excluding carboxylic acids is 1. The van der Waals surface area contributed by atoms with E-state index in [0.717, 1.165) is 23.3 Å². The van der Waals surface area contributed by atoms with E-state index in [1.807, 2.05) is 30.3 Å². The Kier molecular flexibility index (Phi) is 7.08. The summed E-state index contributed by atoms with van der Waals surface area (Å²) in [4.78, 5) is 24.8. The Bertz CT molecular complexity index is 1680. The van der Waals surface area contributed by atoms with Crippen LogP contribution in [0.15, 0.2) is 91.1 Å². The van der Waals surface area contributed by atoms with Gasteiger partial charge in [-0.15, -0.1) is 5.10 Å². The van der Waals surface area contributed by atoms with Crippen molar-refractivity contribution in [1.82, 2.24) is 20.1 Å². The average Bonchev–Trinajstić information content (AvgIpc) is 3.35. The number of hydrogen-bond acceptors (Lipinski definition) is 4. The number of rotatable bonds is 7. The van der Waals surface area contributed by atoms with Gasteiger partial charge in [-0.05, 0) is 53.9 Å². The van der Waals surface area contributed by atoms with E-state index in [4.69, 9.17) is 5.11 Å². The summed E-state index contributed by atoms with van der Waals surface area (Å²) in [6.07, 6.45) is -2.53. The summed E-state index contributed by atoms with van der Waals surface area (Å²) in [6.45, 7) is 1.78. The largest absolute Gasteiger partial charge is 0.478 e. The van der Waals surface area contributed by atoms with Gasteiger partial charge in [0, 0.05) is 18.2 Å². The SMILES string of the molecule is C[C@H](NC(=O)c1cc(-c2ccccc2)cn2nnc(Cc3ccc(C(F)(F)F)cc3)c12)c1ccc(C(=O)O)cc1. The molecule has 0 saturated carbocycles. The molecule has 202 valence electrons. The van der Waals surface area contributed by atoms with Crippen LogP contribution in [-0.2, 0) is 12.6 Å². The number of carbonyl (C=O) groups is 2. The molecule has 0 saturated heterocycles. The van der Waals surface area contributed by atoms with Crippen molar-refractivity contribution in [3.05, 3.63) is 125 Å². The Morgan fingerprint density at radius 2 is 1.62 bits per heavy atom. The van der Waals surface area contributed by atoms with E-state index < -0.39 is 29.7 Å². The monoisotopic (exact) mass is 544 g/mol. The number of aromatic carboxylic acids is 1. The second kappa shape index (κ2) is 10.6. The maximum absolute atomic E-state index is 13.7. The summed E-state index contributed by atoms with van der Waals surface area (Å²) in [7, 11) is 0. The molecule has 10 heteroatoms. The average molecular weight is 545 g/mol. The molecular formula is C30H23F3N4O3. The van der Waals surface area contributed by atoms with E-state index in [1.165, 1.54) is 28.8 Å². The molecule has 5 rings (SSSR count). The summed E-state index contributed by atoms with van der Waals surface area (Å²) in [5.74, 6) is -1.45. The van der Waals surface area contributed by atoms with Crippen LogP contribution >= 0.6 is 0 Å². The fraction of sp³-hybridized carbons (Fsp3) is 0.133. The number of carboxylic acids is 1. The van der Waals surface area contributed by atoms with Crippen LogP contribution in [0.25, 0.3) is 16.6 Å². The van der Waals surface area contributed by atoms with Crippen LogP contribution in [0.5, 0.6) is 0 Å². The van der Waals surface area contributed by atoms with Gasteiger partial charge < -0.3 is 10.4 Å². The lowest BCUT2D eigenvalue weighted by molar-refractivity contribution is -0.137. The van der Waals surface area contributed by atoms with Crippen molar-refractivity contribution in [2.45, 2.75) is 25.6 Å². The number of fused-ring (bicyclic) bond motifs is 1. The van der Waals surface area contributed by atoms with Crippen LogP contribution in [0.1, 0.15) is 56.1 Å². The summed E-state index contributed by atoms with van der Waals surface area (Å²) in [6, 6.07) is 21.7. The maximum atomic E-state index is 13.7. The highest BCUT2D eigenvalue weighted by Gasteiger charge is 2.30. The first-order valence-electron chi connectivity index (χ1n) is 12.3. The molecule has 0 fully saturated rings. The zero-order valence-corrected chi connectivity index (χ0v) is 21.2. The summed E-state index contributed by atoms with van der Waals surface area (Å²) in [5, 5.41) is 20.6. The summed E-state index contributed by atoms with van der Waals surface area (Å²) >= 11 is 0. The van der Waals surface area contributed by atoms with E-state index >= 15 is 0 Å².